The number of benzene rings is 2. The zero-order valence-corrected chi connectivity index (χ0v) is 14.7. The molecule has 2 heterocycles. The molecule has 5 nitrogen and oxygen atoms in total. The third-order valence-corrected chi connectivity index (χ3v) is 5.11. The lowest BCUT2D eigenvalue weighted by Gasteiger charge is -2.28. The van der Waals surface area contributed by atoms with Crippen molar-refractivity contribution in [3.05, 3.63) is 66.2 Å². The van der Waals surface area contributed by atoms with Crippen LogP contribution in [-0.2, 0) is 21.0 Å². The number of rotatable bonds is 5. The van der Waals surface area contributed by atoms with Crippen molar-refractivity contribution >= 4 is 17.5 Å². The van der Waals surface area contributed by atoms with Crippen LogP contribution in [0.3, 0.4) is 0 Å². The standard InChI is InChI=1S/C21H22N2O3/c1-2-9-17-18-19(26-23(17)16-12-7-4-8-13-16)21(25)22(20(18)24)14-15-10-5-3-6-11-15/h3-8,10-13,17-19H,2,9,14H2,1H3. The van der Waals surface area contributed by atoms with Gasteiger partial charge in [-0.15, -0.1) is 0 Å². The summed E-state index contributed by atoms with van der Waals surface area (Å²) in [6, 6.07) is 19.2. The van der Waals surface area contributed by atoms with Gasteiger partial charge in [0.2, 0.25) is 5.91 Å². The van der Waals surface area contributed by atoms with Gasteiger partial charge < -0.3 is 0 Å². The van der Waals surface area contributed by atoms with E-state index in [-0.39, 0.29) is 17.9 Å². The third-order valence-electron chi connectivity index (χ3n) is 5.11. The third kappa shape index (κ3) is 2.78. The summed E-state index contributed by atoms with van der Waals surface area (Å²) < 4.78 is 0. The van der Waals surface area contributed by atoms with Crippen molar-refractivity contribution in [3.8, 4) is 0 Å². The van der Waals surface area contributed by atoms with Crippen LogP contribution in [0.1, 0.15) is 25.3 Å². The van der Waals surface area contributed by atoms with Crippen LogP contribution in [0.5, 0.6) is 0 Å². The lowest BCUT2D eigenvalue weighted by molar-refractivity contribution is -0.143. The first-order valence-corrected chi connectivity index (χ1v) is 9.11. The molecule has 0 aliphatic carbocycles. The Kier molecular flexibility index (Phi) is 4.47. The summed E-state index contributed by atoms with van der Waals surface area (Å²) in [6.45, 7) is 2.39. The van der Waals surface area contributed by atoms with Crippen molar-refractivity contribution in [3.63, 3.8) is 0 Å². The molecule has 5 heteroatoms. The van der Waals surface area contributed by atoms with E-state index >= 15 is 0 Å². The average molecular weight is 350 g/mol. The SMILES string of the molecule is CCCC1C2C(=O)N(Cc3ccccc3)C(=O)C2ON1c1ccccc1. The summed E-state index contributed by atoms with van der Waals surface area (Å²) >= 11 is 0. The smallest absolute Gasteiger partial charge is 0.262 e. The van der Waals surface area contributed by atoms with Crippen molar-refractivity contribution in [1.29, 1.82) is 0 Å². The van der Waals surface area contributed by atoms with Gasteiger partial charge in [-0.3, -0.25) is 19.3 Å². The quantitative estimate of drug-likeness (QED) is 0.777. The molecule has 2 fully saturated rings. The topological polar surface area (TPSA) is 49.9 Å². The lowest BCUT2D eigenvalue weighted by atomic mass is 9.93. The summed E-state index contributed by atoms with van der Waals surface area (Å²) in [5.41, 5.74) is 1.83. The zero-order valence-electron chi connectivity index (χ0n) is 14.7. The fourth-order valence-corrected chi connectivity index (χ4v) is 3.89. The molecular weight excluding hydrogens is 328 g/mol. The summed E-state index contributed by atoms with van der Waals surface area (Å²) in [4.78, 5) is 33.3. The maximum absolute atomic E-state index is 13.1. The van der Waals surface area contributed by atoms with Gasteiger partial charge >= 0.3 is 0 Å². The van der Waals surface area contributed by atoms with E-state index in [2.05, 4.69) is 6.92 Å². The maximum Gasteiger partial charge on any atom is 0.262 e. The molecule has 0 saturated carbocycles. The van der Waals surface area contributed by atoms with E-state index in [1.807, 2.05) is 60.7 Å². The van der Waals surface area contributed by atoms with Crippen molar-refractivity contribution in [2.45, 2.75) is 38.5 Å². The highest BCUT2D eigenvalue weighted by molar-refractivity contribution is 6.07. The Hall–Kier alpha value is -2.66. The minimum Gasteiger partial charge on any atom is -0.275 e. The van der Waals surface area contributed by atoms with Crippen molar-refractivity contribution in [2.24, 2.45) is 5.92 Å². The van der Waals surface area contributed by atoms with Crippen LogP contribution < -0.4 is 5.06 Å². The molecule has 2 amide bonds. The molecule has 2 aliphatic heterocycles. The Morgan fingerprint density at radius 2 is 1.58 bits per heavy atom. The van der Waals surface area contributed by atoms with E-state index < -0.39 is 12.0 Å². The number of carbonyl (C=O) groups is 2. The normalized spacial score (nSPS) is 25.0. The minimum atomic E-state index is -0.719. The first-order valence-electron chi connectivity index (χ1n) is 9.11. The molecule has 26 heavy (non-hydrogen) atoms. The van der Waals surface area contributed by atoms with Crippen LogP contribution in [0.2, 0.25) is 0 Å². The highest BCUT2D eigenvalue weighted by Crippen LogP contribution is 2.40. The summed E-state index contributed by atoms with van der Waals surface area (Å²) in [7, 11) is 0. The Labute approximate surface area is 153 Å². The Morgan fingerprint density at radius 3 is 2.23 bits per heavy atom. The van der Waals surface area contributed by atoms with Gasteiger partial charge in [-0.2, -0.15) is 0 Å². The van der Waals surface area contributed by atoms with E-state index in [0.717, 1.165) is 24.1 Å². The van der Waals surface area contributed by atoms with E-state index in [9.17, 15) is 9.59 Å². The Bertz CT molecular complexity index is 793. The molecule has 0 N–H and O–H groups in total. The van der Waals surface area contributed by atoms with Gasteiger partial charge in [0, 0.05) is 0 Å². The molecule has 0 aromatic heterocycles. The van der Waals surface area contributed by atoms with Crippen LogP contribution in [0.4, 0.5) is 5.69 Å². The molecule has 0 spiro atoms. The number of amides is 2. The Morgan fingerprint density at radius 1 is 0.923 bits per heavy atom. The molecular formula is C21H22N2O3. The number of carbonyl (C=O) groups excluding carboxylic acids is 2. The highest BCUT2D eigenvalue weighted by atomic mass is 16.7. The molecule has 0 radical (unpaired) electrons. The van der Waals surface area contributed by atoms with Crippen LogP contribution >= 0.6 is 0 Å². The van der Waals surface area contributed by atoms with Crippen LogP contribution in [0.15, 0.2) is 60.7 Å². The molecule has 2 saturated heterocycles. The molecule has 3 atom stereocenters. The van der Waals surface area contributed by atoms with E-state index in [1.54, 1.807) is 5.06 Å². The van der Waals surface area contributed by atoms with Crippen LogP contribution in [0.25, 0.3) is 0 Å². The second-order valence-corrected chi connectivity index (χ2v) is 6.82. The van der Waals surface area contributed by atoms with Crippen molar-refractivity contribution < 1.29 is 14.4 Å². The summed E-state index contributed by atoms with van der Waals surface area (Å²) in [5.74, 6) is -0.796. The van der Waals surface area contributed by atoms with Crippen molar-refractivity contribution in [1.82, 2.24) is 4.90 Å². The van der Waals surface area contributed by atoms with Crippen molar-refractivity contribution in [2.75, 3.05) is 5.06 Å². The predicted molar refractivity (Wildman–Crippen MR) is 98.0 cm³/mol. The number of likely N-dealkylation sites (tertiary alicyclic amines) is 1. The summed E-state index contributed by atoms with van der Waals surface area (Å²) in [5, 5.41) is 1.77. The number of hydrogen-bond donors (Lipinski definition) is 0. The minimum absolute atomic E-state index is 0.121. The fraction of sp³-hybridized carbons (Fsp3) is 0.333. The number of para-hydroxylation sites is 1. The molecule has 134 valence electrons. The van der Waals surface area contributed by atoms with Gasteiger partial charge in [0.25, 0.3) is 5.91 Å². The van der Waals surface area contributed by atoms with Gasteiger partial charge in [-0.25, -0.2) is 5.06 Å². The lowest BCUT2D eigenvalue weighted by Crippen LogP contribution is -2.40. The van der Waals surface area contributed by atoms with Crippen LogP contribution in [0, 0.1) is 5.92 Å². The molecule has 0 bridgehead atoms. The molecule has 2 aliphatic rings. The molecule has 2 aromatic carbocycles. The zero-order chi connectivity index (χ0) is 18.1. The second-order valence-electron chi connectivity index (χ2n) is 6.82. The maximum atomic E-state index is 13.1. The first kappa shape index (κ1) is 16.8. The van der Waals surface area contributed by atoms with Gasteiger partial charge in [-0.1, -0.05) is 61.9 Å². The van der Waals surface area contributed by atoms with E-state index in [1.165, 1.54) is 4.90 Å². The van der Waals surface area contributed by atoms with E-state index in [4.69, 9.17) is 4.84 Å². The largest absolute Gasteiger partial charge is 0.275 e. The number of nitrogens with zero attached hydrogens (tertiary/aromatic N) is 2. The molecule has 4 rings (SSSR count). The second kappa shape index (κ2) is 6.92. The van der Waals surface area contributed by atoms with E-state index in [0.29, 0.717) is 6.54 Å². The fourth-order valence-electron chi connectivity index (χ4n) is 3.89. The molecule has 2 aromatic rings. The number of hydroxylamine groups is 1. The van der Waals surface area contributed by atoms with Crippen LogP contribution in [-0.4, -0.2) is 28.9 Å². The number of anilines is 1. The average Bonchev–Trinajstić information content (AvgIpc) is 3.16. The Balaban J connectivity index is 1.60. The predicted octanol–water partition coefficient (Wildman–Crippen LogP) is 3.16. The highest BCUT2D eigenvalue weighted by Gasteiger charge is 2.58. The molecule has 3 unspecified atom stereocenters. The number of imide groups is 1. The summed E-state index contributed by atoms with van der Waals surface area (Å²) in [6.07, 6.45) is 0.998. The van der Waals surface area contributed by atoms with Gasteiger partial charge in [0.15, 0.2) is 6.10 Å². The van der Waals surface area contributed by atoms with Gasteiger partial charge in [-0.05, 0) is 24.1 Å². The number of hydrogen-bond acceptors (Lipinski definition) is 4. The number of fused-ring (bicyclic) bond motifs is 1. The monoisotopic (exact) mass is 350 g/mol. The first-order chi connectivity index (χ1) is 12.7. The van der Waals surface area contributed by atoms with Gasteiger partial charge in [0.1, 0.15) is 0 Å². The van der Waals surface area contributed by atoms with Gasteiger partial charge in [0.05, 0.1) is 24.2 Å².